The van der Waals surface area contributed by atoms with Crippen molar-refractivity contribution in [3.63, 3.8) is 0 Å². The number of carbonyl (C=O) groups is 2. The van der Waals surface area contributed by atoms with Crippen LogP contribution in [0.3, 0.4) is 0 Å². The number of furan rings is 1. The highest BCUT2D eigenvalue weighted by Crippen LogP contribution is 2.26. The third-order valence-corrected chi connectivity index (χ3v) is 5.75. The molecular weight excluding hydrogens is 456 g/mol. The number of carbonyl (C=O) groups excluding carboxylic acids is 2. The summed E-state index contributed by atoms with van der Waals surface area (Å²) in [5.74, 6) is 1.25. The molecule has 0 fully saturated rings. The fourth-order valence-electron chi connectivity index (χ4n) is 3.11. The summed E-state index contributed by atoms with van der Waals surface area (Å²) in [5.41, 5.74) is 1.63. The molecule has 0 saturated carbocycles. The second kappa shape index (κ2) is 10.7. The van der Waals surface area contributed by atoms with Gasteiger partial charge in [-0.05, 0) is 48.5 Å². The van der Waals surface area contributed by atoms with Gasteiger partial charge < -0.3 is 23.8 Å². The third-order valence-electron chi connectivity index (χ3n) is 4.95. The van der Waals surface area contributed by atoms with Gasteiger partial charge in [-0.2, -0.15) is 0 Å². The molecule has 2 heterocycles. The van der Waals surface area contributed by atoms with E-state index in [-0.39, 0.29) is 29.3 Å². The summed E-state index contributed by atoms with van der Waals surface area (Å²) in [5, 5.41) is 11.1. The molecule has 2 aromatic carbocycles. The molecule has 0 aliphatic carbocycles. The molecule has 0 spiro atoms. The molecule has 0 unspecified atom stereocenters. The summed E-state index contributed by atoms with van der Waals surface area (Å²) < 4.78 is 16.1. The van der Waals surface area contributed by atoms with Crippen LogP contribution in [-0.2, 0) is 11.3 Å². The Morgan fingerprint density at radius 3 is 2.59 bits per heavy atom. The van der Waals surface area contributed by atoms with Gasteiger partial charge in [-0.25, -0.2) is 0 Å². The molecule has 0 radical (unpaired) electrons. The molecule has 0 aliphatic rings. The first-order valence-electron chi connectivity index (χ1n) is 10.3. The van der Waals surface area contributed by atoms with E-state index in [1.54, 1.807) is 69.0 Å². The van der Waals surface area contributed by atoms with E-state index >= 15 is 0 Å². The molecule has 174 valence electrons. The first kappa shape index (κ1) is 23.1. The average Bonchev–Trinajstić information content (AvgIpc) is 3.58. The van der Waals surface area contributed by atoms with Gasteiger partial charge in [0.1, 0.15) is 11.5 Å². The van der Waals surface area contributed by atoms with Crippen molar-refractivity contribution in [1.82, 2.24) is 15.5 Å². The van der Waals surface area contributed by atoms with Gasteiger partial charge >= 0.3 is 0 Å². The lowest BCUT2D eigenvalue weighted by molar-refractivity contribution is -0.115. The lowest BCUT2D eigenvalue weighted by Crippen LogP contribution is -2.31. The molecule has 0 saturated heterocycles. The van der Waals surface area contributed by atoms with Gasteiger partial charge in [0.15, 0.2) is 0 Å². The number of amides is 2. The van der Waals surface area contributed by atoms with Crippen LogP contribution in [0.15, 0.2) is 81.0 Å². The van der Waals surface area contributed by atoms with Crippen LogP contribution < -0.4 is 15.0 Å². The molecule has 0 bridgehead atoms. The van der Waals surface area contributed by atoms with E-state index in [0.29, 0.717) is 22.9 Å². The van der Waals surface area contributed by atoms with Crippen molar-refractivity contribution in [2.75, 3.05) is 24.8 Å². The SMILES string of the molecule is COc1ccc(-c2nnc(SCC(=O)N(C)c3ccccc3C(=O)NCc3ccco3)o2)cc1. The molecule has 4 rings (SSSR count). The number of anilines is 1. The Hall–Kier alpha value is -4.05. The molecule has 0 aliphatic heterocycles. The number of nitrogens with zero attached hydrogens (tertiary/aromatic N) is 3. The van der Waals surface area contributed by atoms with Crippen molar-refractivity contribution < 1.29 is 23.2 Å². The molecule has 10 heteroatoms. The number of aromatic nitrogens is 2. The average molecular weight is 479 g/mol. The first-order chi connectivity index (χ1) is 16.5. The number of hydrogen-bond acceptors (Lipinski definition) is 8. The minimum Gasteiger partial charge on any atom is -0.497 e. The number of methoxy groups -OCH3 is 1. The van der Waals surface area contributed by atoms with Crippen LogP contribution in [0.25, 0.3) is 11.5 Å². The minimum absolute atomic E-state index is 0.0586. The number of rotatable bonds is 9. The van der Waals surface area contributed by atoms with E-state index in [0.717, 1.165) is 23.1 Å². The Labute approximate surface area is 200 Å². The zero-order valence-electron chi connectivity index (χ0n) is 18.6. The van der Waals surface area contributed by atoms with Crippen LogP contribution in [0.5, 0.6) is 5.75 Å². The second-order valence-corrected chi connectivity index (χ2v) is 8.05. The predicted molar refractivity (Wildman–Crippen MR) is 127 cm³/mol. The normalized spacial score (nSPS) is 10.6. The summed E-state index contributed by atoms with van der Waals surface area (Å²) in [7, 11) is 3.22. The van der Waals surface area contributed by atoms with Crippen LogP contribution >= 0.6 is 11.8 Å². The van der Waals surface area contributed by atoms with Crippen LogP contribution in [-0.4, -0.2) is 41.9 Å². The predicted octanol–water partition coefficient (Wildman–Crippen LogP) is 4.02. The number of ether oxygens (including phenoxy) is 1. The maximum atomic E-state index is 12.8. The Morgan fingerprint density at radius 1 is 1.06 bits per heavy atom. The Bertz CT molecular complexity index is 1250. The number of benzene rings is 2. The van der Waals surface area contributed by atoms with Crippen molar-refractivity contribution in [2.45, 2.75) is 11.8 Å². The largest absolute Gasteiger partial charge is 0.497 e. The Morgan fingerprint density at radius 2 is 1.85 bits per heavy atom. The highest BCUT2D eigenvalue weighted by atomic mass is 32.2. The molecule has 9 nitrogen and oxygen atoms in total. The van der Waals surface area contributed by atoms with Crippen LogP contribution in [0.2, 0.25) is 0 Å². The van der Waals surface area contributed by atoms with Gasteiger partial charge in [-0.1, -0.05) is 23.9 Å². The first-order valence-corrected chi connectivity index (χ1v) is 11.3. The lowest BCUT2D eigenvalue weighted by atomic mass is 10.1. The van der Waals surface area contributed by atoms with E-state index < -0.39 is 0 Å². The fourth-order valence-corrected chi connectivity index (χ4v) is 3.78. The highest BCUT2D eigenvalue weighted by Gasteiger charge is 2.20. The number of thioether (sulfide) groups is 1. The lowest BCUT2D eigenvalue weighted by Gasteiger charge is -2.20. The van der Waals surface area contributed by atoms with Crippen molar-refractivity contribution >= 4 is 29.3 Å². The topological polar surface area (TPSA) is 111 Å². The van der Waals surface area contributed by atoms with Crippen LogP contribution in [0.1, 0.15) is 16.1 Å². The molecule has 0 atom stereocenters. The maximum absolute atomic E-state index is 12.8. The third kappa shape index (κ3) is 5.46. The van der Waals surface area contributed by atoms with Gasteiger partial charge in [0, 0.05) is 12.6 Å². The van der Waals surface area contributed by atoms with E-state index in [9.17, 15) is 9.59 Å². The molecule has 1 N–H and O–H groups in total. The summed E-state index contributed by atoms with van der Waals surface area (Å²) >= 11 is 1.13. The van der Waals surface area contributed by atoms with Crippen LogP contribution in [0.4, 0.5) is 5.69 Å². The zero-order valence-corrected chi connectivity index (χ0v) is 19.4. The smallest absolute Gasteiger partial charge is 0.277 e. The van der Waals surface area contributed by atoms with Crippen molar-refractivity contribution in [3.8, 4) is 17.2 Å². The van der Waals surface area contributed by atoms with Crippen molar-refractivity contribution in [3.05, 3.63) is 78.3 Å². The van der Waals surface area contributed by atoms with Gasteiger partial charge in [0.05, 0.1) is 36.9 Å². The van der Waals surface area contributed by atoms with Gasteiger partial charge in [0.2, 0.25) is 11.8 Å². The summed E-state index contributed by atoms with van der Waals surface area (Å²) in [6, 6.07) is 17.7. The molecule has 2 aromatic heterocycles. The minimum atomic E-state index is -0.305. The van der Waals surface area contributed by atoms with E-state index in [4.69, 9.17) is 13.6 Å². The number of para-hydroxylation sites is 1. The van der Waals surface area contributed by atoms with Crippen LogP contribution in [0, 0.1) is 0 Å². The quantitative estimate of drug-likeness (QED) is 0.359. The zero-order chi connectivity index (χ0) is 23.9. The Balaban J connectivity index is 1.37. The molecular formula is C24H22N4O5S. The standard InChI is InChI=1S/C24H22N4O5S/c1-28(20-8-4-3-7-19(20)22(30)25-14-18-6-5-13-32-18)21(29)15-34-24-27-26-23(33-24)16-9-11-17(31-2)12-10-16/h3-13H,14-15H2,1-2H3,(H,25,30). The molecule has 34 heavy (non-hydrogen) atoms. The van der Waals surface area contributed by atoms with Gasteiger partial charge in [-0.15, -0.1) is 10.2 Å². The fraction of sp³-hybridized carbons (Fsp3) is 0.167. The summed E-state index contributed by atoms with van der Waals surface area (Å²) in [4.78, 5) is 27.0. The van der Waals surface area contributed by atoms with Gasteiger partial charge in [0.25, 0.3) is 11.1 Å². The van der Waals surface area contributed by atoms with E-state index in [2.05, 4.69) is 15.5 Å². The number of nitrogens with one attached hydrogen (secondary N) is 1. The maximum Gasteiger partial charge on any atom is 0.277 e. The summed E-state index contributed by atoms with van der Waals surface area (Å²) in [6.45, 7) is 0.251. The van der Waals surface area contributed by atoms with Gasteiger partial charge in [-0.3, -0.25) is 9.59 Å². The second-order valence-electron chi connectivity index (χ2n) is 7.12. The monoisotopic (exact) mass is 478 g/mol. The van der Waals surface area contributed by atoms with E-state index in [1.807, 2.05) is 12.1 Å². The van der Waals surface area contributed by atoms with Crippen molar-refractivity contribution in [2.24, 2.45) is 0 Å². The molecule has 2 amide bonds. The Kier molecular flexibility index (Phi) is 7.28. The van der Waals surface area contributed by atoms with Crippen molar-refractivity contribution in [1.29, 1.82) is 0 Å². The number of hydrogen-bond donors (Lipinski definition) is 1. The highest BCUT2D eigenvalue weighted by molar-refractivity contribution is 7.99. The van der Waals surface area contributed by atoms with E-state index in [1.165, 1.54) is 4.90 Å². The molecule has 4 aromatic rings. The summed E-state index contributed by atoms with van der Waals surface area (Å²) in [6.07, 6.45) is 1.54.